The normalized spacial score (nSPS) is 15.9. The van der Waals surface area contributed by atoms with Gasteiger partial charge < -0.3 is 9.47 Å². The lowest BCUT2D eigenvalue weighted by molar-refractivity contribution is -0.140. The van der Waals surface area contributed by atoms with Crippen LogP contribution in [0.5, 0.6) is 0 Å². The Bertz CT molecular complexity index is 678. The van der Waals surface area contributed by atoms with Crippen molar-refractivity contribution < 1.29 is 23.9 Å². The minimum atomic E-state index is -0.513. The number of rotatable bonds is 6. The van der Waals surface area contributed by atoms with Crippen LogP contribution in [0.4, 0.5) is 0 Å². The molecular formula is C21H30O5. The van der Waals surface area contributed by atoms with Crippen LogP contribution in [-0.2, 0) is 23.9 Å². The van der Waals surface area contributed by atoms with E-state index in [2.05, 4.69) is 6.58 Å². The van der Waals surface area contributed by atoms with Gasteiger partial charge in [-0.25, -0.2) is 4.79 Å². The van der Waals surface area contributed by atoms with Crippen molar-refractivity contribution in [2.75, 3.05) is 19.8 Å². The van der Waals surface area contributed by atoms with E-state index in [-0.39, 0.29) is 25.2 Å². The van der Waals surface area contributed by atoms with Gasteiger partial charge in [0.15, 0.2) is 0 Å². The van der Waals surface area contributed by atoms with E-state index in [0.717, 1.165) is 5.57 Å². The van der Waals surface area contributed by atoms with Gasteiger partial charge in [0.1, 0.15) is 6.61 Å². The fraction of sp³-hybridized carbons (Fsp3) is 0.571. The molecule has 1 aliphatic rings. The van der Waals surface area contributed by atoms with Crippen LogP contribution >= 0.6 is 0 Å². The molecule has 0 N–H and O–H groups in total. The molecule has 0 aromatic rings. The van der Waals surface area contributed by atoms with Gasteiger partial charge in [-0.05, 0) is 23.3 Å². The summed E-state index contributed by atoms with van der Waals surface area (Å²) in [5.41, 5.74) is 1.31. The average Bonchev–Trinajstić information content (AvgIpc) is 2.47. The highest BCUT2D eigenvalue weighted by atomic mass is 16.6. The van der Waals surface area contributed by atoms with Gasteiger partial charge in [-0.15, -0.1) is 0 Å². The van der Waals surface area contributed by atoms with Crippen molar-refractivity contribution in [2.24, 2.45) is 10.8 Å². The van der Waals surface area contributed by atoms with Gasteiger partial charge in [0.05, 0.1) is 13.2 Å². The van der Waals surface area contributed by atoms with Crippen molar-refractivity contribution in [3.63, 3.8) is 0 Å². The molecule has 0 aromatic heterocycles. The van der Waals surface area contributed by atoms with Crippen LogP contribution in [0.1, 0.15) is 48.5 Å². The van der Waals surface area contributed by atoms with Crippen molar-refractivity contribution in [1.29, 1.82) is 0 Å². The fourth-order valence-electron chi connectivity index (χ4n) is 2.54. The van der Waals surface area contributed by atoms with Crippen LogP contribution < -0.4 is 0 Å². The molecule has 5 nitrogen and oxygen atoms in total. The summed E-state index contributed by atoms with van der Waals surface area (Å²) >= 11 is 0. The van der Waals surface area contributed by atoms with E-state index in [1.54, 1.807) is 6.92 Å². The molecule has 26 heavy (non-hydrogen) atoms. The fourth-order valence-corrected chi connectivity index (χ4v) is 2.54. The molecule has 0 fully saturated rings. The van der Waals surface area contributed by atoms with Crippen LogP contribution in [0, 0.1) is 10.8 Å². The minimum Gasteiger partial charge on any atom is -0.460 e. The van der Waals surface area contributed by atoms with Gasteiger partial charge in [0, 0.05) is 16.7 Å². The zero-order chi connectivity index (χ0) is 20.3. The van der Waals surface area contributed by atoms with Gasteiger partial charge in [0.2, 0.25) is 11.6 Å². The third-order valence-corrected chi connectivity index (χ3v) is 4.01. The van der Waals surface area contributed by atoms with Crippen LogP contribution in [0.2, 0.25) is 0 Å². The zero-order valence-corrected chi connectivity index (χ0v) is 16.9. The van der Waals surface area contributed by atoms with Gasteiger partial charge in [0.25, 0.3) is 0 Å². The summed E-state index contributed by atoms with van der Waals surface area (Å²) in [5.74, 6) is -1.47. The molecule has 0 aromatic carbocycles. The predicted octanol–water partition coefficient (Wildman–Crippen LogP) is 3.59. The molecule has 0 saturated heterocycles. The Morgan fingerprint density at radius 1 is 1.00 bits per heavy atom. The number of hydrogen-bond acceptors (Lipinski definition) is 5. The molecule has 0 aliphatic heterocycles. The minimum absolute atomic E-state index is 0.00964. The predicted molar refractivity (Wildman–Crippen MR) is 101 cm³/mol. The van der Waals surface area contributed by atoms with E-state index in [0.29, 0.717) is 16.7 Å². The van der Waals surface area contributed by atoms with Crippen molar-refractivity contribution in [1.82, 2.24) is 0 Å². The monoisotopic (exact) mass is 362 g/mol. The van der Waals surface area contributed by atoms with Crippen LogP contribution in [0.15, 0.2) is 34.9 Å². The summed E-state index contributed by atoms with van der Waals surface area (Å²) in [5, 5.41) is 0. The Labute approximate surface area is 156 Å². The standard InChI is InChI=1S/C21H30O5/c1-13(2)19(24)26-10-9-25-12-14-15(20(3,4)5)11-16(21(6,7)8)18(23)17(14)22/h11H,1,9-10,12H2,2-8H3. The van der Waals surface area contributed by atoms with Crippen LogP contribution in [0.25, 0.3) is 0 Å². The summed E-state index contributed by atoms with van der Waals surface area (Å²) in [6.07, 6.45) is 1.84. The van der Waals surface area contributed by atoms with Crippen LogP contribution in [-0.4, -0.2) is 37.4 Å². The van der Waals surface area contributed by atoms with Gasteiger partial charge in [-0.2, -0.15) is 0 Å². The first-order valence-electron chi connectivity index (χ1n) is 8.72. The van der Waals surface area contributed by atoms with Crippen molar-refractivity contribution >= 4 is 17.5 Å². The third-order valence-electron chi connectivity index (χ3n) is 4.01. The molecule has 5 heteroatoms. The number of carbonyl (C=O) groups is 3. The maximum atomic E-state index is 12.7. The first-order valence-corrected chi connectivity index (χ1v) is 8.72. The SMILES string of the molecule is C=C(C)C(=O)OCCOCC1=C(C(C)(C)C)C=C(C(C)(C)C)C(=O)C1=O. The Morgan fingerprint density at radius 3 is 2.04 bits per heavy atom. The highest BCUT2D eigenvalue weighted by Crippen LogP contribution is 2.38. The summed E-state index contributed by atoms with van der Waals surface area (Å²) in [6.45, 7) is 17.0. The zero-order valence-electron chi connectivity index (χ0n) is 16.9. The smallest absolute Gasteiger partial charge is 0.333 e. The van der Waals surface area contributed by atoms with E-state index in [4.69, 9.17) is 9.47 Å². The largest absolute Gasteiger partial charge is 0.460 e. The Balaban J connectivity index is 2.97. The molecule has 144 valence electrons. The number of allylic oxidation sites excluding steroid dienone is 3. The average molecular weight is 362 g/mol. The number of carbonyl (C=O) groups excluding carboxylic acids is 3. The van der Waals surface area contributed by atoms with E-state index < -0.39 is 23.0 Å². The molecule has 0 saturated carbocycles. The van der Waals surface area contributed by atoms with Crippen LogP contribution in [0.3, 0.4) is 0 Å². The molecule has 0 unspecified atom stereocenters. The van der Waals surface area contributed by atoms with Gasteiger partial charge >= 0.3 is 5.97 Å². The summed E-state index contributed by atoms with van der Waals surface area (Å²) in [6, 6.07) is 0. The second-order valence-corrected chi connectivity index (χ2v) is 8.58. The van der Waals surface area contributed by atoms with E-state index in [1.807, 2.05) is 47.6 Å². The molecule has 0 amide bonds. The number of ether oxygens (including phenoxy) is 2. The summed E-state index contributed by atoms with van der Waals surface area (Å²) < 4.78 is 10.5. The molecule has 0 heterocycles. The number of ketones is 2. The lowest BCUT2D eigenvalue weighted by Gasteiger charge is -2.31. The highest BCUT2D eigenvalue weighted by Gasteiger charge is 2.37. The van der Waals surface area contributed by atoms with Gasteiger partial charge in [-0.3, -0.25) is 9.59 Å². The third kappa shape index (κ3) is 5.49. The number of esters is 1. The molecule has 0 atom stereocenters. The van der Waals surface area contributed by atoms with Crippen molar-refractivity contribution in [3.8, 4) is 0 Å². The maximum absolute atomic E-state index is 12.7. The summed E-state index contributed by atoms with van der Waals surface area (Å²) in [4.78, 5) is 36.5. The second-order valence-electron chi connectivity index (χ2n) is 8.58. The number of Topliss-reactive ketones (excluding diaryl/α,β-unsaturated/α-hetero) is 2. The van der Waals surface area contributed by atoms with E-state index in [9.17, 15) is 14.4 Å². The van der Waals surface area contributed by atoms with Crippen molar-refractivity contribution in [2.45, 2.75) is 48.5 Å². The molecular weight excluding hydrogens is 332 g/mol. The Morgan fingerprint density at radius 2 is 1.58 bits per heavy atom. The molecule has 1 rings (SSSR count). The molecule has 0 radical (unpaired) electrons. The van der Waals surface area contributed by atoms with E-state index >= 15 is 0 Å². The van der Waals surface area contributed by atoms with Gasteiger partial charge in [-0.1, -0.05) is 54.2 Å². The van der Waals surface area contributed by atoms with Crippen molar-refractivity contribution in [3.05, 3.63) is 34.9 Å². The highest BCUT2D eigenvalue weighted by molar-refractivity contribution is 6.50. The second kappa shape index (κ2) is 8.12. The first-order chi connectivity index (χ1) is 11.8. The Hall–Kier alpha value is -2.01. The molecule has 0 bridgehead atoms. The maximum Gasteiger partial charge on any atom is 0.333 e. The molecule has 0 spiro atoms. The van der Waals surface area contributed by atoms with E-state index in [1.165, 1.54) is 0 Å². The topological polar surface area (TPSA) is 69.7 Å². The quantitative estimate of drug-likeness (QED) is 0.237. The lowest BCUT2D eigenvalue weighted by Crippen LogP contribution is -2.34. The Kier molecular flexibility index (Phi) is 6.88. The molecule has 1 aliphatic carbocycles. The number of hydrogen-bond donors (Lipinski definition) is 0. The lowest BCUT2D eigenvalue weighted by atomic mass is 9.72. The first kappa shape index (κ1) is 22.0. The summed E-state index contributed by atoms with van der Waals surface area (Å²) in [7, 11) is 0.